The van der Waals surface area contributed by atoms with Gasteiger partial charge in [-0.2, -0.15) is 0 Å². The van der Waals surface area contributed by atoms with Crippen LogP contribution in [-0.2, 0) is 10.3 Å². The van der Waals surface area contributed by atoms with Gasteiger partial charge >= 0.3 is 0 Å². The van der Waals surface area contributed by atoms with Gasteiger partial charge in [0.2, 0.25) is 5.91 Å². The second-order valence-corrected chi connectivity index (χ2v) is 6.40. The summed E-state index contributed by atoms with van der Waals surface area (Å²) in [6, 6.07) is 20.7. The van der Waals surface area contributed by atoms with Crippen molar-refractivity contribution < 1.29 is 4.79 Å². The van der Waals surface area contributed by atoms with Gasteiger partial charge in [-0.1, -0.05) is 60.7 Å². The fraction of sp³-hybridized carbons (Fsp3) is 0.350. The third kappa shape index (κ3) is 4.16. The molecule has 0 saturated carbocycles. The van der Waals surface area contributed by atoms with Crippen LogP contribution in [0.1, 0.15) is 37.3 Å². The Kier molecular flexibility index (Phi) is 6.41. The molecule has 1 aliphatic heterocycles. The van der Waals surface area contributed by atoms with Gasteiger partial charge in [0.15, 0.2) is 0 Å². The van der Waals surface area contributed by atoms with Gasteiger partial charge in [-0.25, -0.2) is 0 Å². The molecule has 1 fully saturated rings. The van der Waals surface area contributed by atoms with Crippen LogP contribution in [-0.4, -0.2) is 18.5 Å². The maximum Gasteiger partial charge on any atom is 0.222 e. The molecule has 0 aromatic heterocycles. The third-order valence-electron chi connectivity index (χ3n) is 4.69. The van der Waals surface area contributed by atoms with Crippen molar-refractivity contribution in [2.24, 2.45) is 0 Å². The number of nitrogens with one attached hydrogen (secondary N) is 2. The summed E-state index contributed by atoms with van der Waals surface area (Å²) in [6.07, 6.45) is 2.78. The minimum atomic E-state index is -0.516. The monoisotopic (exact) mass is 344 g/mol. The molecule has 0 radical (unpaired) electrons. The highest BCUT2D eigenvalue weighted by molar-refractivity contribution is 5.85. The zero-order valence-corrected chi connectivity index (χ0v) is 14.8. The van der Waals surface area contributed by atoms with Crippen molar-refractivity contribution in [3.63, 3.8) is 0 Å². The van der Waals surface area contributed by atoms with Crippen molar-refractivity contribution in [2.45, 2.75) is 37.8 Å². The average Bonchev–Trinajstić information content (AvgIpc) is 3.09. The van der Waals surface area contributed by atoms with Crippen molar-refractivity contribution in [3.8, 4) is 0 Å². The molecule has 1 atom stereocenters. The van der Waals surface area contributed by atoms with E-state index in [0.29, 0.717) is 12.5 Å². The molecule has 1 saturated heterocycles. The molecule has 0 spiro atoms. The van der Waals surface area contributed by atoms with Crippen molar-refractivity contribution >= 4 is 18.3 Å². The number of rotatable bonds is 5. The van der Waals surface area contributed by atoms with Gasteiger partial charge in [0.1, 0.15) is 0 Å². The number of halogens is 1. The van der Waals surface area contributed by atoms with Crippen molar-refractivity contribution in [1.82, 2.24) is 10.6 Å². The van der Waals surface area contributed by atoms with Crippen LogP contribution in [0, 0.1) is 0 Å². The van der Waals surface area contributed by atoms with Crippen LogP contribution >= 0.6 is 12.4 Å². The largest absolute Gasteiger partial charge is 0.343 e. The van der Waals surface area contributed by atoms with E-state index < -0.39 is 5.54 Å². The summed E-state index contributed by atoms with van der Waals surface area (Å²) in [5, 5.41) is 6.67. The molecule has 1 unspecified atom stereocenters. The van der Waals surface area contributed by atoms with Crippen LogP contribution in [0.4, 0.5) is 0 Å². The molecule has 4 heteroatoms. The summed E-state index contributed by atoms with van der Waals surface area (Å²) in [5.41, 5.74) is 1.68. The third-order valence-corrected chi connectivity index (χ3v) is 4.69. The first-order valence-electron chi connectivity index (χ1n) is 8.34. The van der Waals surface area contributed by atoms with Crippen LogP contribution in [0.15, 0.2) is 60.7 Å². The van der Waals surface area contributed by atoms with E-state index in [0.717, 1.165) is 30.5 Å². The molecule has 2 N–H and O–H groups in total. The van der Waals surface area contributed by atoms with Crippen LogP contribution < -0.4 is 10.6 Å². The summed E-state index contributed by atoms with van der Waals surface area (Å²) in [7, 11) is 0. The summed E-state index contributed by atoms with van der Waals surface area (Å²) < 4.78 is 0. The van der Waals surface area contributed by atoms with E-state index in [1.807, 2.05) is 36.4 Å². The van der Waals surface area contributed by atoms with E-state index >= 15 is 0 Å². The Morgan fingerprint density at radius 1 is 1.08 bits per heavy atom. The average molecular weight is 345 g/mol. The summed E-state index contributed by atoms with van der Waals surface area (Å²) in [5.74, 6) is 0.0969. The smallest absolute Gasteiger partial charge is 0.222 e. The highest BCUT2D eigenvalue weighted by Crippen LogP contribution is 2.29. The second-order valence-electron chi connectivity index (χ2n) is 6.40. The van der Waals surface area contributed by atoms with Crippen molar-refractivity contribution in [1.29, 1.82) is 0 Å². The molecule has 1 heterocycles. The van der Waals surface area contributed by atoms with Crippen molar-refractivity contribution in [2.75, 3.05) is 6.54 Å². The topological polar surface area (TPSA) is 41.1 Å². The highest BCUT2D eigenvalue weighted by Gasteiger charge is 2.31. The zero-order chi connectivity index (χ0) is 16.1. The standard InChI is InChI=1S/C20H24N2O.ClH/c1-20(16-9-4-2-5-10-16,17-11-6-3-7-12-17)22-19(23)15-18-13-8-14-21-18;/h2-7,9-12,18,21H,8,13-15H2,1H3,(H,22,23);1H. The Morgan fingerprint density at radius 3 is 2.08 bits per heavy atom. The summed E-state index contributed by atoms with van der Waals surface area (Å²) in [6.45, 7) is 3.10. The van der Waals surface area contributed by atoms with Gasteiger partial charge in [-0.15, -0.1) is 12.4 Å². The van der Waals surface area contributed by atoms with Crippen LogP contribution in [0.25, 0.3) is 0 Å². The van der Waals surface area contributed by atoms with Gasteiger partial charge in [-0.05, 0) is 37.4 Å². The molecule has 2 aromatic rings. The fourth-order valence-electron chi connectivity index (χ4n) is 3.34. The fourth-order valence-corrected chi connectivity index (χ4v) is 3.34. The van der Waals surface area contributed by atoms with Crippen molar-refractivity contribution in [3.05, 3.63) is 71.8 Å². The molecule has 1 amide bonds. The first kappa shape index (κ1) is 18.5. The molecule has 128 valence electrons. The Hall–Kier alpha value is -1.84. The number of carbonyl (C=O) groups excluding carboxylic acids is 1. The molecular formula is C20H25ClN2O. The number of carbonyl (C=O) groups is 1. The van der Waals surface area contributed by atoms with Gasteiger partial charge < -0.3 is 10.6 Å². The SMILES string of the molecule is CC(NC(=O)CC1CCCN1)(c1ccccc1)c1ccccc1.Cl. The zero-order valence-electron chi connectivity index (χ0n) is 14.0. The molecule has 0 bridgehead atoms. The predicted molar refractivity (Wildman–Crippen MR) is 100 cm³/mol. The second kappa shape index (κ2) is 8.32. The normalized spacial score (nSPS) is 17.1. The molecule has 0 aliphatic carbocycles. The van der Waals surface area contributed by atoms with Gasteiger partial charge in [0.25, 0.3) is 0 Å². The Balaban J connectivity index is 0.00000208. The lowest BCUT2D eigenvalue weighted by atomic mass is 9.84. The lowest BCUT2D eigenvalue weighted by Crippen LogP contribution is -2.46. The minimum Gasteiger partial charge on any atom is -0.343 e. The summed E-state index contributed by atoms with van der Waals surface area (Å²) >= 11 is 0. The van der Waals surface area contributed by atoms with E-state index in [9.17, 15) is 4.79 Å². The molecule has 2 aromatic carbocycles. The van der Waals surface area contributed by atoms with Crippen LogP contribution in [0.5, 0.6) is 0 Å². The first-order valence-corrected chi connectivity index (χ1v) is 8.34. The Morgan fingerprint density at radius 2 is 1.62 bits per heavy atom. The van der Waals surface area contributed by atoms with E-state index in [1.54, 1.807) is 0 Å². The predicted octanol–water partition coefficient (Wildman–Crippen LogP) is 3.63. The van der Waals surface area contributed by atoms with Gasteiger partial charge in [0, 0.05) is 12.5 Å². The minimum absolute atomic E-state index is 0. The number of amides is 1. The van der Waals surface area contributed by atoms with Crippen LogP contribution in [0.3, 0.4) is 0 Å². The molecule has 3 nitrogen and oxygen atoms in total. The highest BCUT2D eigenvalue weighted by atomic mass is 35.5. The Bertz CT molecular complexity index is 600. The number of benzene rings is 2. The van der Waals surface area contributed by atoms with Gasteiger partial charge in [-0.3, -0.25) is 4.79 Å². The maximum absolute atomic E-state index is 12.6. The molecule has 1 aliphatic rings. The maximum atomic E-state index is 12.6. The first-order chi connectivity index (χ1) is 11.2. The van der Waals surface area contributed by atoms with E-state index in [4.69, 9.17) is 0 Å². The van der Waals surface area contributed by atoms with Gasteiger partial charge in [0.05, 0.1) is 5.54 Å². The molecule has 24 heavy (non-hydrogen) atoms. The summed E-state index contributed by atoms with van der Waals surface area (Å²) in [4.78, 5) is 12.6. The van der Waals surface area contributed by atoms with Crippen LogP contribution in [0.2, 0.25) is 0 Å². The van der Waals surface area contributed by atoms with E-state index in [1.165, 1.54) is 0 Å². The van der Waals surface area contributed by atoms with E-state index in [-0.39, 0.29) is 18.3 Å². The lowest BCUT2D eigenvalue weighted by molar-refractivity contribution is -0.123. The molecular weight excluding hydrogens is 320 g/mol. The molecule has 3 rings (SSSR count). The lowest BCUT2D eigenvalue weighted by Gasteiger charge is -2.32. The Labute approximate surface area is 150 Å². The quantitative estimate of drug-likeness (QED) is 0.869. The number of hydrogen-bond acceptors (Lipinski definition) is 2. The number of hydrogen-bond donors (Lipinski definition) is 2. The van der Waals surface area contributed by atoms with E-state index in [2.05, 4.69) is 41.8 Å².